The van der Waals surface area contributed by atoms with Crippen molar-refractivity contribution in [1.29, 1.82) is 0 Å². The Bertz CT molecular complexity index is 1010. The molecule has 2 aromatic rings. The first-order valence-electron chi connectivity index (χ1n) is 12.5. The van der Waals surface area contributed by atoms with E-state index in [9.17, 15) is 14.0 Å². The molecule has 2 aromatic carbocycles. The standard InChI is InChI=1S/C28H35FN2O3/c1-4-25(27(32)30-18(2)3)34-23-14-11-19-15-16-31(28(33)21-7-5-6-8-21)26(24(19)17-23)20-9-12-22(29)13-10-20/h9-14,17-18,21,25-26H,4-8,15-16H2,1-3H3,(H,30,32)/t25-,26-/m0/s1. The van der Waals surface area contributed by atoms with E-state index in [1.807, 2.05) is 43.9 Å². The number of ether oxygens (including phenoxy) is 1. The van der Waals surface area contributed by atoms with E-state index in [0.29, 0.717) is 18.7 Å². The van der Waals surface area contributed by atoms with E-state index in [1.54, 1.807) is 12.1 Å². The van der Waals surface area contributed by atoms with E-state index in [0.717, 1.165) is 48.8 Å². The zero-order valence-corrected chi connectivity index (χ0v) is 20.4. The smallest absolute Gasteiger partial charge is 0.261 e. The molecule has 1 saturated carbocycles. The highest BCUT2D eigenvalue weighted by atomic mass is 19.1. The molecule has 1 N–H and O–H groups in total. The molecule has 2 amide bonds. The molecule has 2 atom stereocenters. The lowest BCUT2D eigenvalue weighted by molar-refractivity contribution is -0.137. The molecule has 0 radical (unpaired) electrons. The van der Waals surface area contributed by atoms with Crippen molar-refractivity contribution in [2.75, 3.05) is 6.54 Å². The average molecular weight is 467 g/mol. The molecular weight excluding hydrogens is 431 g/mol. The number of fused-ring (bicyclic) bond motifs is 1. The number of hydrogen-bond acceptors (Lipinski definition) is 3. The molecule has 0 spiro atoms. The largest absolute Gasteiger partial charge is 0.481 e. The Hall–Kier alpha value is -2.89. The Morgan fingerprint density at radius 2 is 1.82 bits per heavy atom. The lowest BCUT2D eigenvalue weighted by Crippen LogP contribution is -2.43. The van der Waals surface area contributed by atoms with Gasteiger partial charge in [0.05, 0.1) is 6.04 Å². The van der Waals surface area contributed by atoms with Crippen LogP contribution in [-0.4, -0.2) is 35.4 Å². The van der Waals surface area contributed by atoms with E-state index in [4.69, 9.17) is 4.74 Å². The van der Waals surface area contributed by atoms with E-state index in [2.05, 4.69) is 5.32 Å². The third-order valence-electron chi connectivity index (χ3n) is 6.89. The predicted octanol–water partition coefficient (Wildman–Crippen LogP) is 5.17. The summed E-state index contributed by atoms with van der Waals surface area (Å²) < 4.78 is 19.8. The molecule has 6 heteroatoms. The Kier molecular flexibility index (Phi) is 7.54. The van der Waals surface area contributed by atoms with Gasteiger partial charge in [-0.2, -0.15) is 0 Å². The van der Waals surface area contributed by atoms with Crippen LogP contribution in [0, 0.1) is 11.7 Å². The molecule has 34 heavy (non-hydrogen) atoms. The summed E-state index contributed by atoms with van der Waals surface area (Å²) in [6, 6.07) is 12.1. The zero-order valence-electron chi connectivity index (χ0n) is 20.4. The second kappa shape index (κ2) is 10.6. The number of halogens is 1. The van der Waals surface area contributed by atoms with Crippen LogP contribution in [0.25, 0.3) is 0 Å². The average Bonchev–Trinajstić information content (AvgIpc) is 3.36. The Morgan fingerprint density at radius 3 is 2.47 bits per heavy atom. The first-order chi connectivity index (χ1) is 16.4. The first kappa shape index (κ1) is 24.2. The van der Waals surface area contributed by atoms with Crippen LogP contribution >= 0.6 is 0 Å². The van der Waals surface area contributed by atoms with Gasteiger partial charge in [0.15, 0.2) is 6.10 Å². The van der Waals surface area contributed by atoms with E-state index in [1.165, 1.54) is 12.1 Å². The molecule has 1 aliphatic carbocycles. The molecule has 2 aliphatic rings. The highest BCUT2D eigenvalue weighted by molar-refractivity contribution is 5.81. The fraction of sp³-hybridized carbons (Fsp3) is 0.500. The highest BCUT2D eigenvalue weighted by Gasteiger charge is 2.36. The van der Waals surface area contributed by atoms with Gasteiger partial charge in [0.2, 0.25) is 5.91 Å². The Labute approximate surface area is 201 Å². The summed E-state index contributed by atoms with van der Waals surface area (Å²) in [6.45, 7) is 6.41. The maximum atomic E-state index is 13.7. The van der Waals surface area contributed by atoms with Gasteiger partial charge in [-0.15, -0.1) is 0 Å². The van der Waals surface area contributed by atoms with Crippen LogP contribution in [-0.2, 0) is 16.0 Å². The number of carbonyl (C=O) groups is 2. The third kappa shape index (κ3) is 5.26. The van der Waals surface area contributed by atoms with Gasteiger partial charge >= 0.3 is 0 Å². The zero-order chi connectivity index (χ0) is 24.2. The molecule has 1 heterocycles. The summed E-state index contributed by atoms with van der Waals surface area (Å²) in [5, 5.41) is 2.92. The molecule has 4 rings (SSSR count). The summed E-state index contributed by atoms with van der Waals surface area (Å²) in [4.78, 5) is 28.1. The van der Waals surface area contributed by atoms with Crippen molar-refractivity contribution in [3.8, 4) is 5.75 Å². The van der Waals surface area contributed by atoms with Gasteiger partial charge in [0, 0.05) is 18.5 Å². The molecule has 0 aromatic heterocycles. The van der Waals surface area contributed by atoms with Crippen LogP contribution in [0.15, 0.2) is 42.5 Å². The molecular formula is C28H35FN2O3. The topological polar surface area (TPSA) is 58.6 Å². The molecule has 1 fully saturated rings. The lowest BCUT2D eigenvalue weighted by Gasteiger charge is -2.39. The van der Waals surface area contributed by atoms with Gasteiger partial charge in [-0.25, -0.2) is 4.39 Å². The predicted molar refractivity (Wildman–Crippen MR) is 130 cm³/mol. The highest BCUT2D eigenvalue weighted by Crippen LogP contribution is 2.40. The molecule has 0 saturated heterocycles. The number of nitrogens with zero attached hydrogens (tertiary/aromatic N) is 1. The maximum Gasteiger partial charge on any atom is 0.261 e. The number of carbonyl (C=O) groups excluding carboxylic acids is 2. The lowest BCUT2D eigenvalue weighted by atomic mass is 9.87. The Balaban J connectivity index is 1.68. The second-order valence-electron chi connectivity index (χ2n) is 9.76. The minimum atomic E-state index is -0.593. The molecule has 5 nitrogen and oxygen atoms in total. The summed E-state index contributed by atoms with van der Waals surface area (Å²) in [6.07, 6.45) is 4.77. The van der Waals surface area contributed by atoms with Crippen molar-refractivity contribution in [2.45, 2.75) is 77.5 Å². The van der Waals surface area contributed by atoms with Gasteiger partial charge in [-0.1, -0.05) is 38.0 Å². The van der Waals surface area contributed by atoms with Crippen LogP contribution in [0.2, 0.25) is 0 Å². The van der Waals surface area contributed by atoms with Gasteiger partial charge in [-0.05, 0) is 80.5 Å². The van der Waals surface area contributed by atoms with E-state index in [-0.39, 0.29) is 35.6 Å². The van der Waals surface area contributed by atoms with Crippen LogP contribution < -0.4 is 10.1 Å². The summed E-state index contributed by atoms with van der Waals surface area (Å²) in [5.41, 5.74) is 3.02. The van der Waals surface area contributed by atoms with Gasteiger partial charge in [0.25, 0.3) is 5.91 Å². The van der Waals surface area contributed by atoms with Gasteiger partial charge in [0.1, 0.15) is 11.6 Å². The molecule has 0 unspecified atom stereocenters. The Morgan fingerprint density at radius 1 is 1.12 bits per heavy atom. The monoisotopic (exact) mass is 466 g/mol. The number of hydrogen-bond donors (Lipinski definition) is 1. The van der Waals surface area contributed by atoms with Crippen molar-refractivity contribution < 1.29 is 18.7 Å². The van der Waals surface area contributed by atoms with Gasteiger partial charge in [-0.3, -0.25) is 9.59 Å². The van der Waals surface area contributed by atoms with Crippen molar-refractivity contribution in [3.05, 3.63) is 65.0 Å². The van der Waals surface area contributed by atoms with Crippen LogP contribution in [0.5, 0.6) is 5.75 Å². The minimum absolute atomic E-state index is 0.0340. The second-order valence-corrected chi connectivity index (χ2v) is 9.76. The van der Waals surface area contributed by atoms with Crippen molar-refractivity contribution in [2.24, 2.45) is 5.92 Å². The summed E-state index contributed by atoms with van der Waals surface area (Å²) >= 11 is 0. The van der Waals surface area contributed by atoms with Crippen LogP contribution in [0.1, 0.15) is 75.6 Å². The SMILES string of the molecule is CC[C@H](Oc1ccc2c(c1)[C@H](c1ccc(F)cc1)N(C(=O)C1CCCC1)CC2)C(=O)NC(C)C. The summed E-state index contributed by atoms with van der Waals surface area (Å²) in [5.74, 6) is 0.419. The van der Waals surface area contributed by atoms with E-state index < -0.39 is 6.10 Å². The van der Waals surface area contributed by atoms with Crippen LogP contribution in [0.4, 0.5) is 4.39 Å². The fourth-order valence-corrected chi connectivity index (χ4v) is 5.18. The fourth-order valence-electron chi connectivity index (χ4n) is 5.18. The van der Waals surface area contributed by atoms with Crippen molar-refractivity contribution in [3.63, 3.8) is 0 Å². The maximum absolute atomic E-state index is 13.7. The summed E-state index contributed by atoms with van der Waals surface area (Å²) in [7, 11) is 0. The van der Waals surface area contributed by atoms with Gasteiger partial charge < -0.3 is 15.0 Å². The normalized spacial score (nSPS) is 19.1. The number of nitrogens with one attached hydrogen (secondary N) is 1. The quantitative estimate of drug-likeness (QED) is 0.612. The van der Waals surface area contributed by atoms with Crippen molar-refractivity contribution in [1.82, 2.24) is 10.2 Å². The first-order valence-corrected chi connectivity index (χ1v) is 12.5. The van der Waals surface area contributed by atoms with E-state index >= 15 is 0 Å². The third-order valence-corrected chi connectivity index (χ3v) is 6.89. The number of amides is 2. The number of benzene rings is 2. The minimum Gasteiger partial charge on any atom is -0.481 e. The van der Waals surface area contributed by atoms with Crippen LogP contribution in [0.3, 0.4) is 0 Å². The molecule has 0 bridgehead atoms. The number of rotatable bonds is 7. The molecule has 182 valence electrons. The van der Waals surface area contributed by atoms with Crippen molar-refractivity contribution >= 4 is 11.8 Å². The molecule has 1 aliphatic heterocycles.